The zero-order chi connectivity index (χ0) is 29.5. The lowest BCUT2D eigenvalue weighted by molar-refractivity contribution is -0.127. The Bertz CT molecular complexity index is 1620. The number of halogens is 2. The van der Waals surface area contributed by atoms with Gasteiger partial charge in [0.15, 0.2) is 0 Å². The molecule has 5 heterocycles. The Hall–Kier alpha value is -4.42. The highest BCUT2D eigenvalue weighted by Crippen LogP contribution is 2.39. The molecule has 0 bridgehead atoms. The van der Waals surface area contributed by atoms with Gasteiger partial charge in [-0.3, -0.25) is 9.48 Å². The fourth-order valence-electron chi connectivity index (χ4n) is 4.49. The average molecular weight is 581 g/mol. The SMILES string of the molecule is C=CC(=O)N1Cc2cc(-c3nc(-c4cn(C)cn4)c4ccsc4c3C=C(F)/C=C/F)nn2C(C)C1.C=COCCO. The number of aliphatic hydroxyl groups is 1. The smallest absolute Gasteiger partial charge is 0.246 e. The Kier molecular flexibility index (Phi) is 9.58. The lowest BCUT2D eigenvalue weighted by Gasteiger charge is -2.31. The van der Waals surface area contributed by atoms with Crippen LogP contribution in [0.4, 0.5) is 8.78 Å². The molecule has 1 atom stereocenters. The molecule has 1 unspecified atom stereocenters. The number of amides is 1. The Morgan fingerprint density at radius 2 is 2.12 bits per heavy atom. The number of thiophene rings is 1. The standard InChI is InChI=1S/C25H22F2N6OS.C4H8O2/c1-4-22(34)32-11-15(2)33-17(12-32)10-20(30-33)24-19(9-16(27)5-7-26)25-18(6-8-35-25)23(29-24)21-13-31(3)14-28-21;1-2-6-4-3-5/h4-10,13-15H,1,11-12H2,2-3H3;2,5H,1,3-4H2/b7-5+,16-9?;. The third kappa shape index (κ3) is 6.50. The van der Waals surface area contributed by atoms with Crippen molar-refractivity contribution in [2.75, 3.05) is 19.8 Å². The summed E-state index contributed by atoms with van der Waals surface area (Å²) in [4.78, 5) is 23.3. The molecule has 0 saturated heterocycles. The van der Waals surface area contributed by atoms with Crippen LogP contribution >= 0.6 is 11.3 Å². The number of pyridine rings is 1. The Balaban J connectivity index is 0.000000585. The van der Waals surface area contributed by atoms with Gasteiger partial charge in [0.1, 0.15) is 29.5 Å². The maximum Gasteiger partial charge on any atom is 0.246 e. The van der Waals surface area contributed by atoms with E-state index in [2.05, 4.69) is 22.9 Å². The summed E-state index contributed by atoms with van der Waals surface area (Å²) in [6.45, 7) is 10.1. The number of ether oxygens (including phenoxy) is 1. The number of allylic oxidation sites excluding steroid dienone is 2. The van der Waals surface area contributed by atoms with E-state index in [0.717, 1.165) is 21.9 Å². The van der Waals surface area contributed by atoms with Crippen molar-refractivity contribution in [1.82, 2.24) is 29.2 Å². The van der Waals surface area contributed by atoms with E-state index in [1.807, 2.05) is 46.9 Å². The quantitative estimate of drug-likeness (QED) is 0.126. The first-order valence-electron chi connectivity index (χ1n) is 12.7. The molecule has 12 heteroatoms. The minimum atomic E-state index is -0.740. The van der Waals surface area contributed by atoms with Crippen molar-refractivity contribution in [2.45, 2.75) is 19.5 Å². The summed E-state index contributed by atoms with van der Waals surface area (Å²) < 4.78 is 36.2. The maximum absolute atomic E-state index is 14.5. The molecular weight excluding hydrogens is 550 g/mol. The lowest BCUT2D eigenvalue weighted by atomic mass is 10.0. The zero-order valence-corrected chi connectivity index (χ0v) is 23.5. The summed E-state index contributed by atoms with van der Waals surface area (Å²) in [5.41, 5.74) is 3.66. The van der Waals surface area contributed by atoms with Gasteiger partial charge in [0.2, 0.25) is 5.91 Å². The van der Waals surface area contributed by atoms with Crippen LogP contribution in [0.25, 0.3) is 38.9 Å². The van der Waals surface area contributed by atoms with Crippen LogP contribution in [0.15, 0.2) is 73.8 Å². The van der Waals surface area contributed by atoms with Gasteiger partial charge in [-0.2, -0.15) is 5.10 Å². The van der Waals surface area contributed by atoms with Crippen molar-refractivity contribution >= 4 is 33.4 Å². The molecular formula is C29H30F2N6O3S. The summed E-state index contributed by atoms with van der Waals surface area (Å²) in [7, 11) is 1.87. The molecule has 214 valence electrons. The van der Waals surface area contributed by atoms with Gasteiger partial charge in [0.25, 0.3) is 0 Å². The monoisotopic (exact) mass is 580 g/mol. The van der Waals surface area contributed by atoms with Crippen LogP contribution in [0.5, 0.6) is 0 Å². The molecule has 0 saturated carbocycles. The highest BCUT2D eigenvalue weighted by molar-refractivity contribution is 7.17. The highest BCUT2D eigenvalue weighted by Gasteiger charge is 2.28. The molecule has 0 radical (unpaired) electrons. The second kappa shape index (κ2) is 13.3. The average Bonchev–Trinajstić information content (AvgIpc) is 3.72. The first-order chi connectivity index (χ1) is 19.8. The van der Waals surface area contributed by atoms with Crippen molar-refractivity contribution in [1.29, 1.82) is 0 Å². The molecule has 0 fully saturated rings. The van der Waals surface area contributed by atoms with Gasteiger partial charge in [-0.1, -0.05) is 13.2 Å². The molecule has 5 rings (SSSR count). The number of fused-ring (bicyclic) bond motifs is 2. The zero-order valence-electron chi connectivity index (χ0n) is 22.7. The topological polar surface area (TPSA) is 98.3 Å². The number of nitrogens with zero attached hydrogens (tertiary/aromatic N) is 6. The van der Waals surface area contributed by atoms with Crippen LogP contribution in [-0.4, -0.2) is 60.0 Å². The largest absolute Gasteiger partial charge is 0.499 e. The van der Waals surface area contributed by atoms with Gasteiger partial charge in [-0.15, -0.1) is 11.3 Å². The lowest BCUT2D eigenvalue weighted by Crippen LogP contribution is -2.39. The Morgan fingerprint density at radius 1 is 1.32 bits per heavy atom. The second-order valence-corrected chi connectivity index (χ2v) is 10.0. The van der Waals surface area contributed by atoms with Crippen LogP contribution < -0.4 is 0 Å². The molecule has 41 heavy (non-hydrogen) atoms. The number of carbonyl (C=O) groups excluding carboxylic acids is 1. The van der Waals surface area contributed by atoms with Gasteiger partial charge >= 0.3 is 0 Å². The van der Waals surface area contributed by atoms with E-state index in [4.69, 9.17) is 15.2 Å². The van der Waals surface area contributed by atoms with E-state index in [0.29, 0.717) is 48.0 Å². The number of rotatable bonds is 8. The van der Waals surface area contributed by atoms with Gasteiger partial charge in [0.05, 0.1) is 49.5 Å². The molecule has 0 spiro atoms. The van der Waals surface area contributed by atoms with E-state index >= 15 is 0 Å². The fourth-order valence-corrected chi connectivity index (χ4v) is 5.40. The van der Waals surface area contributed by atoms with E-state index in [9.17, 15) is 13.6 Å². The van der Waals surface area contributed by atoms with E-state index in [-0.39, 0.29) is 24.9 Å². The van der Waals surface area contributed by atoms with Crippen molar-refractivity contribution < 1.29 is 23.4 Å². The van der Waals surface area contributed by atoms with Crippen molar-refractivity contribution in [2.24, 2.45) is 7.05 Å². The number of carbonyl (C=O) groups is 1. The third-order valence-corrected chi connectivity index (χ3v) is 7.17. The van der Waals surface area contributed by atoms with Crippen LogP contribution in [0.2, 0.25) is 0 Å². The normalized spacial score (nSPS) is 15.0. The van der Waals surface area contributed by atoms with Crippen molar-refractivity contribution in [3.63, 3.8) is 0 Å². The summed E-state index contributed by atoms with van der Waals surface area (Å²) in [6, 6.07) is 3.71. The Labute approximate surface area is 240 Å². The molecule has 9 nitrogen and oxygen atoms in total. The first kappa shape index (κ1) is 29.6. The number of aromatic nitrogens is 5. The van der Waals surface area contributed by atoms with Crippen LogP contribution in [0.3, 0.4) is 0 Å². The number of imidazole rings is 1. The molecule has 1 aliphatic heterocycles. The van der Waals surface area contributed by atoms with Crippen LogP contribution in [0, 0.1) is 0 Å². The summed E-state index contributed by atoms with van der Waals surface area (Å²) >= 11 is 1.44. The predicted octanol–water partition coefficient (Wildman–Crippen LogP) is 5.58. The van der Waals surface area contributed by atoms with E-state index in [1.54, 1.807) is 11.2 Å². The van der Waals surface area contributed by atoms with Gasteiger partial charge in [-0.05, 0) is 36.6 Å². The van der Waals surface area contributed by atoms with Crippen molar-refractivity contribution in [3.05, 3.63) is 85.0 Å². The van der Waals surface area contributed by atoms with Gasteiger partial charge in [0, 0.05) is 41.5 Å². The Morgan fingerprint density at radius 3 is 2.76 bits per heavy atom. The second-order valence-electron chi connectivity index (χ2n) is 9.13. The van der Waals surface area contributed by atoms with E-state index < -0.39 is 5.83 Å². The fraction of sp³-hybridized carbons (Fsp3) is 0.241. The van der Waals surface area contributed by atoms with Gasteiger partial charge in [-0.25, -0.2) is 18.7 Å². The molecule has 0 aromatic carbocycles. The summed E-state index contributed by atoms with van der Waals surface area (Å²) in [6.07, 6.45) is 8.35. The molecule has 4 aromatic rings. The molecule has 4 aromatic heterocycles. The third-order valence-electron chi connectivity index (χ3n) is 6.22. The maximum atomic E-state index is 14.5. The molecule has 1 N–H and O–H groups in total. The highest BCUT2D eigenvalue weighted by atomic mass is 32.1. The predicted molar refractivity (Wildman–Crippen MR) is 156 cm³/mol. The minimum absolute atomic E-state index is 0.0615. The van der Waals surface area contributed by atoms with Crippen molar-refractivity contribution in [3.8, 4) is 22.8 Å². The summed E-state index contributed by atoms with van der Waals surface area (Å²) in [5.74, 6) is -0.888. The minimum Gasteiger partial charge on any atom is -0.499 e. The molecule has 1 amide bonds. The summed E-state index contributed by atoms with van der Waals surface area (Å²) in [5, 5.41) is 15.5. The van der Waals surface area contributed by atoms with Crippen LogP contribution in [0.1, 0.15) is 24.2 Å². The van der Waals surface area contributed by atoms with Gasteiger partial charge < -0.3 is 19.3 Å². The number of hydrogen-bond donors (Lipinski definition) is 1. The first-order valence-corrected chi connectivity index (χ1v) is 13.6. The number of hydrogen-bond acceptors (Lipinski definition) is 7. The number of aryl methyl sites for hydroxylation is 1. The van der Waals surface area contributed by atoms with E-state index in [1.165, 1.54) is 29.8 Å². The molecule has 0 aliphatic carbocycles. The molecule has 1 aliphatic rings. The van der Waals surface area contributed by atoms with Crippen LogP contribution in [-0.2, 0) is 23.1 Å². The number of aliphatic hydroxyl groups excluding tert-OH is 1.